The molecule has 0 aliphatic carbocycles. The van der Waals surface area contributed by atoms with Gasteiger partial charge in [-0.2, -0.15) is 0 Å². The average Bonchev–Trinajstić information content (AvgIpc) is 2.83. The van der Waals surface area contributed by atoms with Crippen molar-refractivity contribution >= 4 is 23.0 Å². The van der Waals surface area contributed by atoms with Crippen LogP contribution >= 0.6 is 0 Å². The molecule has 0 aliphatic heterocycles. The van der Waals surface area contributed by atoms with Gasteiger partial charge < -0.3 is 5.32 Å². The number of nitrogens with zero attached hydrogens (tertiary/aromatic N) is 2. The second kappa shape index (κ2) is 5.64. The van der Waals surface area contributed by atoms with Crippen molar-refractivity contribution in [2.45, 2.75) is 13.8 Å². The zero-order valence-corrected chi connectivity index (χ0v) is 12.6. The fraction of sp³-hybridized carbons (Fsp3) is 0.118. The van der Waals surface area contributed by atoms with Crippen LogP contribution in [0.1, 0.15) is 33.5 Å². The number of carbonyl (C=O) groups excluding carboxylic acids is 2. The highest BCUT2D eigenvalue weighted by molar-refractivity contribution is 6.04. The first-order valence-electron chi connectivity index (χ1n) is 7.02. The van der Waals surface area contributed by atoms with Gasteiger partial charge in [0.2, 0.25) is 0 Å². The molecule has 116 valence electrons. The molecule has 23 heavy (non-hydrogen) atoms. The molecule has 0 aliphatic rings. The number of hydrogen-bond donors (Lipinski definition) is 1. The van der Waals surface area contributed by atoms with Crippen molar-refractivity contribution in [1.82, 2.24) is 9.38 Å². The quantitative estimate of drug-likeness (QED) is 0.755. The minimum atomic E-state index is -0.449. The second-order valence-electron chi connectivity index (χ2n) is 5.21. The van der Waals surface area contributed by atoms with Crippen LogP contribution in [0.25, 0.3) is 5.65 Å². The molecule has 1 amide bonds. The third-order valence-electron chi connectivity index (χ3n) is 3.52. The lowest BCUT2D eigenvalue weighted by Gasteiger charge is -2.06. The Morgan fingerprint density at radius 1 is 1.13 bits per heavy atom. The number of hydrogen-bond acceptors (Lipinski definition) is 3. The maximum Gasteiger partial charge on any atom is 0.274 e. The van der Waals surface area contributed by atoms with E-state index in [2.05, 4.69) is 10.3 Å². The molecule has 0 fully saturated rings. The number of imidazole rings is 1. The number of benzene rings is 1. The van der Waals surface area contributed by atoms with Crippen molar-refractivity contribution in [3.8, 4) is 0 Å². The standard InChI is InChI=1S/C17H14FN3O2/c1-10-16(21-9-13(18)5-8-15(21)19-10)17(23)20-14-6-3-12(4-7-14)11(2)22/h3-9H,1-2H3,(H,20,23). The van der Waals surface area contributed by atoms with Crippen LogP contribution in [0.5, 0.6) is 0 Å². The van der Waals surface area contributed by atoms with Crippen LogP contribution in [-0.4, -0.2) is 21.1 Å². The first kappa shape index (κ1) is 14.9. The van der Waals surface area contributed by atoms with Crippen LogP contribution in [0.4, 0.5) is 10.1 Å². The number of rotatable bonds is 3. The van der Waals surface area contributed by atoms with E-state index in [1.807, 2.05) is 0 Å². The number of nitrogens with one attached hydrogen (secondary N) is 1. The summed E-state index contributed by atoms with van der Waals surface area (Å²) >= 11 is 0. The smallest absolute Gasteiger partial charge is 0.274 e. The van der Waals surface area contributed by atoms with Crippen molar-refractivity contribution in [2.24, 2.45) is 0 Å². The van der Waals surface area contributed by atoms with Crippen LogP contribution in [0, 0.1) is 12.7 Å². The van der Waals surface area contributed by atoms with E-state index in [1.165, 1.54) is 29.7 Å². The lowest BCUT2D eigenvalue weighted by Crippen LogP contribution is -2.15. The lowest BCUT2D eigenvalue weighted by molar-refractivity contribution is 0.101. The number of Topliss-reactive ketones (excluding diaryl/α,β-unsaturated/α-hetero) is 1. The normalized spacial score (nSPS) is 10.7. The maximum absolute atomic E-state index is 13.4. The SMILES string of the molecule is CC(=O)c1ccc(NC(=O)c2c(C)nc3ccc(F)cn23)cc1. The summed E-state index contributed by atoms with van der Waals surface area (Å²) in [5, 5.41) is 2.73. The summed E-state index contributed by atoms with van der Waals surface area (Å²) in [7, 11) is 0. The van der Waals surface area contributed by atoms with E-state index in [0.717, 1.165) is 0 Å². The molecule has 3 aromatic rings. The Bertz CT molecular complexity index is 913. The molecule has 5 nitrogen and oxygen atoms in total. The Hall–Kier alpha value is -3.02. The fourth-order valence-electron chi connectivity index (χ4n) is 2.39. The highest BCUT2D eigenvalue weighted by Gasteiger charge is 2.17. The van der Waals surface area contributed by atoms with Gasteiger partial charge >= 0.3 is 0 Å². The van der Waals surface area contributed by atoms with Crippen LogP contribution in [-0.2, 0) is 0 Å². The molecule has 3 rings (SSSR count). The molecule has 2 heterocycles. The summed E-state index contributed by atoms with van der Waals surface area (Å²) < 4.78 is 14.8. The molecule has 2 aromatic heterocycles. The Kier molecular flexibility index (Phi) is 3.65. The number of aryl methyl sites for hydroxylation is 1. The summed E-state index contributed by atoms with van der Waals surface area (Å²) in [6.45, 7) is 3.17. The third kappa shape index (κ3) is 2.83. The highest BCUT2D eigenvalue weighted by Crippen LogP contribution is 2.16. The van der Waals surface area contributed by atoms with Crippen molar-refractivity contribution in [1.29, 1.82) is 0 Å². The van der Waals surface area contributed by atoms with E-state index in [9.17, 15) is 14.0 Å². The van der Waals surface area contributed by atoms with E-state index in [0.29, 0.717) is 22.6 Å². The van der Waals surface area contributed by atoms with Crippen LogP contribution in [0.2, 0.25) is 0 Å². The van der Waals surface area contributed by atoms with Gasteiger partial charge in [-0.1, -0.05) is 0 Å². The van der Waals surface area contributed by atoms with Gasteiger partial charge in [-0.15, -0.1) is 0 Å². The van der Waals surface area contributed by atoms with Crippen LogP contribution < -0.4 is 5.32 Å². The summed E-state index contributed by atoms with van der Waals surface area (Å²) in [5.74, 6) is -0.887. The van der Waals surface area contributed by atoms with Gasteiger partial charge in [0.1, 0.15) is 17.2 Å². The summed E-state index contributed by atoms with van der Waals surface area (Å²) in [6.07, 6.45) is 1.23. The molecular weight excluding hydrogens is 297 g/mol. The molecule has 0 spiro atoms. The molecule has 0 atom stereocenters. The van der Waals surface area contributed by atoms with Crippen molar-refractivity contribution in [3.63, 3.8) is 0 Å². The molecule has 0 saturated heterocycles. The van der Waals surface area contributed by atoms with Gasteiger partial charge in [0.25, 0.3) is 5.91 Å². The number of anilines is 1. The Morgan fingerprint density at radius 3 is 2.48 bits per heavy atom. The van der Waals surface area contributed by atoms with Crippen LogP contribution in [0.3, 0.4) is 0 Å². The monoisotopic (exact) mass is 311 g/mol. The van der Waals surface area contributed by atoms with Gasteiger partial charge in [-0.05, 0) is 50.2 Å². The fourth-order valence-corrected chi connectivity index (χ4v) is 2.39. The highest BCUT2D eigenvalue weighted by atomic mass is 19.1. The predicted octanol–water partition coefficient (Wildman–Crippen LogP) is 3.24. The van der Waals surface area contributed by atoms with Gasteiger partial charge in [-0.25, -0.2) is 9.37 Å². The molecule has 0 bridgehead atoms. The number of amides is 1. The Labute approximate surface area is 131 Å². The number of fused-ring (bicyclic) bond motifs is 1. The van der Waals surface area contributed by atoms with Crippen molar-refractivity contribution in [3.05, 3.63) is 65.4 Å². The van der Waals surface area contributed by atoms with Gasteiger partial charge in [-0.3, -0.25) is 14.0 Å². The van der Waals surface area contributed by atoms with Crippen molar-refractivity contribution < 1.29 is 14.0 Å². The maximum atomic E-state index is 13.4. The second-order valence-corrected chi connectivity index (χ2v) is 5.21. The number of carbonyl (C=O) groups is 2. The molecule has 6 heteroatoms. The molecule has 0 unspecified atom stereocenters. The van der Waals surface area contributed by atoms with Gasteiger partial charge in [0, 0.05) is 17.4 Å². The summed E-state index contributed by atoms with van der Waals surface area (Å²) in [5.41, 5.74) is 2.39. The van der Waals surface area contributed by atoms with E-state index in [4.69, 9.17) is 0 Å². The molecule has 1 N–H and O–H groups in total. The molecular formula is C17H14FN3O2. The topological polar surface area (TPSA) is 63.5 Å². The van der Waals surface area contributed by atoms with E-state index >= 15 is 0 Å². The number of pyridine rings is 1. The minimum Gasteiger partial charge on any atom is -0.321 e. The first-order chi connectivity index (χ1) is 11.0. The van der Waals surface area contributed by atoms with Gasteiger partial charge in [0.05, 0.1) is 5.69 Å². The zero-order chi connectivity index (χ0) is 16.6. The largest absolute Gasteiger partial charge is 0.321 e. The van der Waals surface area contributed by atoms with E-state index < -0.39 is 11.7 Å². The van der Waals surface area contributed by atoms with Gasteiger partial charge in [0.15, 0.2) is 5.78 Å². The lowest BCUT2D eigenvalue weighted by atomic mass is 10.1. The molecule has 0 radical (unpaired) electrons. The predicted molar refractivity (Wildman–Crippen MR) is 84.3 cm³/mol. The zero-order valence-electron chi connectivity index (χ0n) is 12.6. The average molecular weight is 311 g/mol. The van der Waals surface area contributed by atoms with E-state index in [-0.39, 0.29) is 11.5 Å². The van der Waals surface area contributed by atoms with Crippen LogP contribution in [0.15, 0.2) is 42.6 Å². The number of ketones is 1. The van der Waals surface area contributed by atoms with E-state index in [1.54, 1.807) is 31.2 Å². The number of halogens is 1. The third-order valence-corrected chi connectivity index (χ3v) is 3.52. The molecule has 0 saturated carbocycles. The summed E-state index contributed by atoms with van der Waals surface area (Å²) in [6, 6.07) is 9.38. The van der Waals surface area contributed by atoms with Crippen molar-refractivity contribution in [2.75, 3.05) is 5.32 Å². The Balaban J connectivity index is 1.93. The molecule has 1 aromatic carbocycles. The minimum absolute atomic E-state index is 0.0454. The first-order valence-corrected chi connectivity index (χ1v) is 7.02. The summed E-state index contributed by atoms with van der Waals surface area (Å²) in [4.78, 5) is 28.0. The Morgan fingerprint density at radius 2 is 1.83 bits per heavy atom. The number of aromatic nitrogens is 2.